The van der Waals surface area contributed by atoms with Crippen LogP contribution in [0.5, 0.6) is 5.75 Å². The van der Waals surface area contributed by atoms with Gasteiger partial charge in [0.2, 0.25) is 5.91 Å². The molecule has 3 heteroatoms. The predicted octanol–water partition coefficient (Wildman–Crippen LogP) is 4.37. The zero-order valence-electron chi connectivity index (χ0n) is 13.4. The van der Waals surface area contributed by atoms with E-state index in [9.17, 15) is 4.79 Å². The van der Waals surface area contributed by atoms with Crippen LogP contribution < -0.4 is 10.1 Å². The summed E-state index contributed by atoms with van der Waals surface area (Å²) in [6, 6.07) is 7.91. The maximum Gasteiger partial charge on any atom is 0.220 e. The molecule has 120 valence electrons. The van der Waals surface area contributed by atoms with Crippen LogP contribution in [0.15, 0.2) is 36.4 Å². The van der Waals surface area contributed by atoms with Crippen LogP contribution in [0.2, 0.25) is 0 Å². The minimum Gasteiger partial charge on any atom is -0.489 e. The van der Waals surface area contributed by atoms with Gasteiger partial charge in [-0.2, -0.15) is 0 Å². The predicted molar refractivity (Wildman–Crippen MR) is 89.9 cm³/mol. The van der Waals surface area contributed by atoms with Crippen LogP contribution in [-0.4, -0.2) is 12.5 Å². The van der Waals surface area contributed by atoms with E-state index >= 15 is 0 Å². The van der Waals surface area contributed by atoms with E-state index < -0.39 is 0 Å². The number of rotatable bonds is 0. The average Bonchev–Trinajstić information content (AvgIpc) is 2.54. The standard InChI is InChI=1S/C19H27NO2/c21-19-14-8-6-4-2-1-3-5-7-11-15-22-18-13-10-9-12-17(18)16-20-19/h7,9-13H,1-6,8,14-16H2,(H,20,21)/b11-7-. The molecule has 2 rings (SSSR count). The second-order valence-corrected chi connectivity index (χ2v) is 5.83. The van der Waals surface area contributed by atoms with E-state index in [2.05, 4.69) is 17.5 Å². The number of carbonyl (C=O) groups is 1. The fourth-order valence-electron chi connectivity index (χ4n) is 2.65. The Morgan fingerprint density at radius 3 is 2.59 bits per heavy atom. The van der Waals surface area contributed by atoms with Gasteiger partial charge in [-0.1, -0.05) is 56.0 Å². The molecule has 3 nitrogen and oxygen atoms in total. The van der Waals surface area contributed by atoms with Crippen molar-refractivity contribution in [3.05, 3.63) is 42.0 Å². The third kappa shape index (κ3) is 6.33. The summed E-state index contributed by atoms with van der Waals surface area (Å²) >= 11 is 0. The zero-order valence-corrected chi connectivity index (χ0v) is 13.4. The SMILES string of the molecule is O=C1CCCCCCCC/C=C\COc2ccccc2CN1. The summed E-state index contributed by atoms with van der Waals surface area (Å²) in [5, 5.41) is 3.00. The number of amides is 1. The molecule has 0 bridgehead atoms. The van der Waals surface area contributed by atoms with Crippen LogP contribution in [0.3, 0.4) is 0 Å². The Morgan fingerprint density at radius 1 is 0.909 bits per heavy atom. The molecule has 0 saturated carbocycles. The van der Waals surface area contributed by atoms with Gasteiger partial charge in [0.25, 0.3) is 0 Å². The molecule has 1 aromatic carbocycles. The smallest absolute Gasteiger partial charge is 0.220 e. The van der Waals surface area contributed by atoms with Crippen LogP contribution in [-0.2, 0) is 11.3 Å². The van der Waals surface area contributed by atoms with Gasteiger partial charge < -0.3 is 10.1 Å². The molecule has 1 heterocycles. The number of para-hydroxylation sites is 1. The van der Waals surface area contributed by atoms with Gasteiger partial charge in [0.05, 0.1) is 0 Å². The van der Waals surface area contributed by atoms with Crippen molar-refractivity contribution in [3.63, 3.8) is 0 Å². The quantitative estimate of drug-likeness (QED) is 0.723. The Morgan fingerprint density at radius 2 is 1.68 bits per heavy atom. The van der Waals surface area contributed by atoms with Gasteiger partial charge in [0.15, 0.2) is 0 Å². The Balaban J connectivity index is 1.94. The number of fused-ring (bicyclic) bond motifs is 1. The third-order valence-electron chi connectivity index (χ3n) is 3.97. The number of allylic oxidation sites excluding steroid dienone is 1. The van der Waals surface area contributed by atoms with E-state index in [1.54, 1.807) is 0 Å². The molecule has 22 heavy (non-hydrogen) atoms. The molecule has 0 aromatic heterocycles. The molecule has 0 unspecified atom stereocenters. The molecule has 0 fully saturated rings. The van der Waals surface area contributed by atoms with Crippen LogP contribution in [0.4, 0.5) is 0 Å². The summed E-state index contributed by atoms with van der Waals surface area (Å²) in [6.45, 7) is 1.13. The number of benzene rings is 1. The summed E-state index contributed by atoms with van der Waals surface area (Å²) in [5.74, 6) is 0.996. The summed E-state index contributed by atoms with van der Waals surface area (Å²) in [4.78, 5) is 11.9. The van der Waals surface area contributed by atoms with Gasteiger partial charge in [-0.05, 0) is 25.3 Å². The lowest BCUT2D eigenvalue weighted by Gasteiger charge is -2.11. The van der Waals surface area contributed by atoms with Gasteiger partial charge in [0.1, 0.15) is 12.4 Å². The van der Waals surface area contributed by atoms with Crippen molar-refractivity contribution < 1.29 is 9.53 Å². The first kappa shape index (κ1) is 16.6. The van der Waals surface area contributed by atoms with Gasteiger partial charge in [-0.3, -0.25) is 4.79 Å². The molecular weight excluding hydrogens is 274 g/mol. The summed E-state index contributed by atoms with van der Waals surface area (Å²) in [7, 11) is 0. The lowest BCUT2D eigenvalue weighted by molar-refractivity contribution is -0.121. The van der Waals surface area contributed by atoms with Gasteiger partial charge in [-0.25, -0.2) is 0 Å². The molecule has 0 saturated heterocycles. The van der Waals surface area contributed by atoms with E-state index in [4.69, 9.17) is 4.74 Å². The van der Waals surface area contributed by atoms with Crippen molar-refractivity contribution in [2.24, 2.45) is 0 Å². The minimum atomic E-state index is 0.138. The fourth-order valence-corrected chi connectivity index (χ4v) is 2.65. The second kappa shape index (κ2) is 10.0. The van der Waals surface area contributed by atoms with Gasteiger partial charge >= 0.3 is 0 Å². The number of ether oxygens (including phenoxy) is 1. The largest absolute Gasteiger partial charge is 0.489 e. The number of nitrogens with one attached hydrogen (secondary N) is 1. The van der Waals surface area contributed by atoms with Crippen LogP contribution in [0.1, 0.15) is 56.9 Å². The first-order valence-electron chi connectivity index (χ1n) is 8.48. The molecule has 1 aliphatic heterocycles. The molecule has 1 amide bonds. The van der Waals surface area contributed by atoms with E-state index in [1.807, 2.05) is 24.3 Å². The first-order chi connectivity index (χ1) is 10.9. The van der Waals surface area contributed by atoms with E-state index in [1.165, 1.54) is 25.7 Å². The van der Waals surface area contributed by atoms with Gasteiger partial charge in [0, 0.05) is 18.5 Å². The Hall–Kier alpha value is -1.77. The highest BCUT2D eigenvalue weighted by molar-refractivity contribution is 5.75. The summed E-state index contributed by atoms with van der Waals surface area (Å²) in [5.41, 5.74) is 1.04. The molecule has 1 aliphatic rings. The molecular formula is C19H27NO2. The van der Waals surface area contributed by atoms with Crippen LogP contribution in [0, 0.1) is 0 Å². The number of hydrogen-bond donors (Lipinski definition) is 1. The van der Waals surface area contributed by atoms with Crippen molar-refractivity contribution in [1.82, 2.24) is 5.32 Å². The first-order valence-corrected chi connectivity index (χ1v) is 8.48. The van der Waals surface area contributed by atoms with E-state index in [0.29, 0.717) is 19.6 Å². The Kier molecular flexibility index (Phi) is 7.57. The fraction of sp³-hybridized carbons (Fsp3) is 0.526. The van der Waals surface area contributed by atoms with Crippen LogP contribution >= 0.6 is 0 Å². The Bertz CT molecular complexity index is 482. The van der Waals surface area contributed by atoms with Crippen molar-refractivity contribution in [2.75, 3.05) is 6.61 Å². The molecule has 0 spiro atoms. The lowest BCUT2D eigenvalue weighted by atomic mass is 10.1. The van der Waals surface area contributed by atoms with Crippen molar-refractivity contribution in [2.45, 2.75) is 57.9 Å². The monoisotopic (exact) mass is 301 g/mol. The summed E-state index contributed by atoms with van der Waals surface area (Å²) < 4.78 is 5.81. The minimum absolute atomic E-state index is 0.138. The molecule has 0 radical (unpaired) electrons. The highest BCUT2D eigenvalue weighted by Crippen LogP contribution is 2.18. The topological polar surface area (TPSA) is 38.3 Å². The van der Waals surface area contributed by atoms with E-state index in [0.717, 1.165) is 30.6 Å². The van der Waals surface area contributed by atoms with Crippen molar-refractivity contribution in [3.8, 4) is 5.75 Å². The molecule has 1 aromatic rings. The maximum atomic E-state index is 11.9. The number of carbonyl (C=O) groups excluding carboxylic acids is 1. The molecule has 0 aliphatic carbocycles. The second-order valence-electron chi connectivity index (χ2n) is 5.83. The summed E-state index contributed by atoms with van der Waals surface area (Å²) in [6.07, 6.45) is 13.2. The normalized spacial score (nSPS) is 20.1. The lowest BCUT2D eigenvalue weighted by Crippen LogP contribution is -2.22. The number of hydrogen-bond acceptors (Lipinski definition) is 2. The van der Waals surface area contributed by atoms with Gasteiger partial charge in [-0.15, -0.1) is 0 Å². The highest BCUT2D eigenvalue weighted by atomic mass is 16.5. The van der Waals surface area contributed by atoms with Crippen LogP contribution in [0.25, 0.3) is 0 Å². The zero-order chi connectivity index (χ0) is 15.5. The average molecular weight is 301 g/mol. The molecule has 0 atom stereocenters. The van der Waals surface area contributed by atoms with Crippen molar-refractivity contribution >= 4 is 5.91 Å². The van der Waals surface area contributed by atoms with E-state index in [-0.39, 0.29) is 5.91 Å². The Labute approximate surface area is 133 Å². The molecule has 1 N–H and O–H groups in total. The third-order valence-corrected chi connectivity index (χ3v) is 3.97. The highest BCUT2D eigenvalue weighted by Gasteiger charge is 2.05. The maximum absolute atomic E-state index is 11.9. The van der Waals surface area contributed by atoms with Crippen molar-refractivity contribution in [1.29, 1.82) is 0 Å².